The van der Waals surface area contributed by atoms with Crippen molar-refractivity contribution in [3.8, 4) is 0 Å². The normalized spacial score (nSPS) is 24.6. The second-order valence-corrected chi connectivity index (χ2v) is 9.52. The molecule has 2 aliphatic heterocycles. The van der Waals surface area contributed by atoms with Crippen LogP contribution in [0.4, 0.5) is 0 Å². The van der Waals surface area contributed by atoms with Crippen molar-refractivity contribution in [3.63, 3.8) is 0 Å². The number of rotatable bonds is 5. The number of hydrogen-bond acceptors (Lipinski definition) is 4. The zero-order valence-corrected chi connectivity index (χ0v) is 18.4. The number of benzene rings is 2. The van der Waals surface area contributed by atoms with E-state index in [4.69, 9.17) is 4.74 Å². The lowest BCUT2D eigenvalue weighted by molar-refractivity contribution is -1.02. The summed E-state index contributed by atoms with van der Waals surface area (Å²) >= 11 is 1.59. The third kappa shape index (κ3) is 4.96. The molecule has 0 aliphatic carbocycles. The number of piperazine rings is 1. The molecule has 0 saturated carbocycles. The van der Waals surface area contributed by atoms with E-state index in [2.05, 4.69) is 42.5 Å². The van der Waals surface area contributed by atoms with Gasteiger partial charge in [-0.05, 0) is 10.8 Å². The van der Waals surface area contributed by atoms with E-state index in [1.807, 2.05) is 4.90 Å². The van der Waals surface area contributed by atoms with Crippen LogP contribution in [-0.2, 0) is 20.9 Å². The summed E-state index contributed by atoms with van der Waals surface area (Å²) in [5, 5.41) is 2.40. The molecule has 2 N–H and O–H groups in total. The molecule has 2 fully saturated rings. The van der Waals surface area contributed by atoms with Crippen LogP contribution in [0.15, 0.2) is 42.5 Å². The molecular weight excluding hydrogens is 398 g/mol. The monoisotopic (exact) mass is 429 g/mol. The van der Waals surface area contributed by atoms with Gasteiger partial charge in [0.2, 0.25) is 0 Å². The molecule has 2 aromatic carbocycles. The van der Waals surface area contributed by atoms with Crippen LogP contribution < -0.4 is 9.80 Å². The number of thioether (sulfide) groups is 1. The first kappa shape index (κ1) is 21.2. The standard InChI is InChI=1S/C23H29N3O3S/c1-29-23(28)21-16-26(13-14-30-21)22(27)17-25-11-9-24(10-12-25)15-19-7-4-6-18-5-2-3-8-20(18)19/h2-8,21H,9-17H2,1H3/p+2/t21-/m0/s1. The molecule has 30 heavy (non-hydrogen) atoms. The maximum atomic E-state index is 12.8. The van der Waals surface area contributed by atoms with E-state index < -0.39 is 0 Å². The van der Waals surface area contributed by atoms with E-state index in [0.29, 0.717) is 13.1 Å². The highest BCUT2D eigenvalue weighted by Gasteiger charge is 2.32. The first-order chi connectivity index (χ1) is 14.6. The molecule has 0 bridgehead atoms. The van der Waals surface area contributed by atoms with Gasteiger partial charge in [-0.25, -0.2) is 0 Å². The van der Waals surface area contributed by atoms with E-state index >= 15 is 0 Å². The van der Waals surface area contributed by atoms with Crippen LogP contribution in [0.2, 0.25) is 0 Å². The van der Waals surface area contributed by atoms with Crippen LogP contribution in [0, 0.1) is 0 Å². The molecule has 160 valence electrons. The van der Waals surface area contributed by atoms with Crippen molar-refractivity contribution in [2.24, 2.45) is 0 Å². The fourth-order valence-electron chi connectivity index (χ4n) is 4.50. The first-order valence-corrected chi connectivity index (χ1v) is 11.8. The summed E-state index contributed by atoms with van der Waals surface area (Å²) in [6, 6.07) is 15.1. The number of quaternary nitrogens is 2. The molecule has 1 atom stereocenters. The van der Waals surface area contributed by atoms with Crippen LogP contribution in [-0.4, -0.2) is 80.7 Å². The van der Waals surface area contributed by atoms with Crippen LogP contribution in [0.1, 0.15) is 5.56 Å². The third-order valence-corrected chi connectivity index (χ3v) is 7.43. The molecule has 7 heteroatoms. The largest absolute Gasteiger partial charge is 0.468 e. The minimum atomic E-state index is -0.246. The maximum absolute atomic E-state index is 12.8. The number of fused-ring (bicyclic) bond motifs is 1. The molecular formula is C23H31N3O3S+2. The summed E-state index contributed by atoms with van der Waals surface area (Å²) in [5.41, 5.74) is 1.40. The second-order valence-electron chi connectivity index (χ2n) is 8.21. The van der Waals surface area contributed by atoms with Crippen LogP contribution >= 0.6 is 11.8 Å². The molecule has 0 aromatic heterocycles. The lowest BCUT2D eigenvalue weighted by Crippen LogP contribution is -3.28. The van der Waals surface area contributed by atoms with E-state index in [1.165, 1.54) is 28.3 Å². The van der Waals surface area contributed by atoms with Gasteiger partial charge in [-0.2, -0.15) is 0 Å². The van der Waals surface area contributed by atoms with Crippen molar-refractivity contribution in [2.45, 2.75) is 11.8 Å². The fraction of sp³-hybridized carbons (Fsp3) is 0.478. The molecule has 2 aromatic rings. The Balaban J connectivity index is 1.27. The molecule has 6 nitrogen and oxygen atoms in total. The molecule has 4 rings (SSSR count). The first-order valence-electron chi connectivity index (χ1n) is 10.7. The van der Waals surface area contributed by atoms with Crippen molar-refractivity contribution >= 4 is 34.4 Å². The smallest absolute Gasteiger partial charge is 0.320 e. The van der Waals surface area contributed by atoms with Gasteiger partial charge in [-0.1, -0.05) is 42.5 Å². The number of esters is 1. The number of carbonyl (C=O) groups is 2. The van der Waals surface area contributed by atoms with Crippen molar-refractivity contribution in [3.05, 3.63) is 48.0 Å². The summed E-state index contributed by atoms with van der Waals surface area (Å²) in [6.45, 7) is 6.93. The molecule has 0 spiro atoms. The summed E-state index contributed by atoms with van der Waals surface area (Å²) in [7, 11) is 1.41. The van der Waals surface area contributed by atoms with Crippen molar-refractivity contribution in [1.29, 1.82) is 0 Å². The predicted octanol–water partition coefficient (Wildman–Crippen LogP) is -0.760. The molecule has 2 saturated heterocycles. The number of nitrogens with one attached hydrogen (secondary N) is 2. The molecule has 1 amide bonds. The van der Waals surface area contributed by atoms with E-state index in [0.717, 1.165) is 45.0 Å². The van der Waals surface area contributed by atoms with Crippen LogP contribution in [0.3, 0.4) is 0 Å². The van der Waals surface area contributed by atoms with Gasteiger partial charge in [0.25, 0.3) is 5.91 Å². The SMILES string of the molecule is COC(=O)[C@@H]1CN(C(=O)C[NH+]2CC[NH+](Cc3cccc4ccccc34)CC2)CCS1. The minimum absolute atomic E-state index is 0.164. The summed E-state index contributed by atoms with van der Waals surface area (Å²) < 4.78 is 4.85. The Morgan fingerprint density at radius 2 is 1.80 bits per heavy atom. The summed E-state index contributed by atoms with van der Waals surface area (Å²) in [5.74, 6) is 0.733. The van der Waals surface area contributed by atoms with Gasteiger partial charge in [-0.15, -0.1) is 11.8 Å². The Bertz CT molecular complexity index is 893. The van der Waals surface area contributed by atoms with Gasteiger partial charge in [-0.3, -0.25) is 9.59 Å². The van der Waals surface area contributed by atoms with Crippen molar-refractivity contribution in [1.82, 2.24) is 4.90 Å². The van der Waals surface area contributed by atoms with Gasteiger partial charge < -0.3 is 19.4 Å². The van der Waals surface area contributed by atoms with Crippen molar-refractivity contribution in [2.75, 3.05) is 58.7 Å². The number of amides is 1. The number of methoxy groups -OCH3 is 1. The van der Waals surface area contributed by atoms with E-state index in [-0.39, 0.29) is 17.1 Å². The number of carbonyl (C=O) groups excluding carboxylic acids is 2. The number of nitrogens with zero attached hydrogens (tertiary/aromatic N) is 1. The van der Waals surface area contributed by atoms with E-state index in [1.54, 1.807) is 16.7 Å². The molecule has 0 unspecified atom stereocenters. The zero-order chi connectivity index (χ0) is 20.9. The average molecular weight is 430 g/mol. The zero-order valence-electron chi connectivity index (χ0n) is 17.6. The Morgan fingerprint density at radius 1 is 1.07 bits per heavy atom. The van der Waals surface area contributed by atoms with Crippen LogP contribution in [0.5, 0.6) is 0 Å². The molecule has 2 heterocycles. The van der Waals surface area contributed by atoms with Gasteiger partial charge in [0.15, 0.2) is 6.54 Å². The Hall–Kier alpha value is -2.09. The number of hydrogen-bond donors (Lipinski definition) is 2. The third-order valence-electron chi connectivity index (χ3n) is 6.27. The number of ether oxygens (including phenoxy) is 1. The maximum Gasteiger partial charge on any atom is 0.320 e. The summed E-state index contributed by atoms with van der Waals surface area (Å²) in [6.07, 6.45) is 0. The highest BCUT2D eigenvalue weighted by Crippen LogP contribution is 2.19. The Kier molecular flexibility index (Phi) is 6.92. The van der Waals surface area contributed by atoms with Gasteiger partial charge in [0.05, 0.1) is 7.11 Å². The fourth-order valence-corrected chi connectivity index (χ4v) is 5.63. The van der Waals surface area contributed by atoms with Crippen molar-refractivity contribution < 1.29 is 24.1 Å². The minimum Gasteiger partial charge on any atom is -0.468 e. The molecule has 2 aliphatic rings. The van der Waals surface area contributed by atoms with Gasteiger partial charge in [0.1, 0.15) is 38.0 Å². The summed E-state index contributed by atoms with van der Waals surface area (Å²) in [4.78, 5) is 29.4. The Labute approximate surface area is 182 Å². The predicted molar refractivity (Wildman–Crippen MR) is 119 cm³/mol. The van der Waals surface area contributed by atoms with Gasteiger partial charge in [0, 0.05) is 24.4 Å². The molecule has 0 radical (unpaired) electrons. The van der Waals surface area contributed by atoms with Gasteiger partial charge >= 0.3 is 5.97 Å². The lowest BCUT2D eigenvalue weighted by Gasteiger charge is -2.33. The second kappa shape index (κ2) is 9.81. The Morgan fingerprint density at radius 3 is 2.60 bits per heavy atom. The topological polar surface area (TPSA) is 55.5 Å². The quantitative estimate of drug-likeness (QED) is 0.614. The highest BCUT2D eigenvalue weighted by molar-refractivity contribution is 8.00. The lowest BCUT2D eigenvalue weighted by atomic mass is 10.0. The van der Waals surface area contributed by atoms with Crippen LogP contribution in [0.25, 0.3) is 10.8 Å². The van der Waals surface area contributed by atoms with E-state index in [9.17, 15) is 9.59 Å². The average Bonchev–Trinajstić information content (AvgIpc) is 2.80. The highest BCUT2D eigenvalue weighted by atomic mass is 32.2.